The number of halogens is 1. The fraction of sp³-hybridized carbons (Fsp3) is 0.474. The average molecular weight is 343 g/mol. The van der Waals surface area contributed by atoms with Gasteiger partial charge in [0.2, 0.25) is 5.88 Å². The fourth-order valence-corrected chi connectivity index (χ4v) is 3.95. The predicted octanol–water partition coefficient (Wildman–Crippen LogP) is 3.15. The number of fused-ring (bicyclic) bond motifs is 3. The van der Waals surface area contributed by atoms with Crippen LogP contribution in [0.25, 0.3) is 11.3 Å². The van der Waals surface area contributed by atoms with Crippen molar-refractivity contribution in [3.63, 3.8) is 0 Å². The van der Waals surface area contributed by atoms with Gasteiger partial charge in [-0.15, -0.1) is 10.2 Å². The zero-order valence-electron chi connectivity index (χ0n) is 14.5. The fourth-order valence-electron chi connectivity index (χ4n) is 3.95. The molecule has 132 valence electrons. The van der Waals surface area contributed by atoms with Crippen molar-refractivity contribution in [1.29, 1.82) is 0 Å². The minimum absolute atomic E-state index is 0.149. The van der Waals surface area contributed by atoms with E-state index in [-0.39, 0.29) is 11.9 Å². The molecule has 2 bridgehead atoms. The maximum Gasteiger partial charge on any atom is 0.233 e. The highest BCUT2D eigenvalue weighted by Gasteiger charge is 2.41. The van der Waals surface area contributed by atoms with Gasteiger partial charge in [-0.1, -0.05) is 0 Å². The van der Waals surface area contributed by atoms with E-state index in [1.807, 2.05) is 0 Å². The Morgan fingerprint density at radius 1 is 1.12 bits per heavy atom. The van der Waals surface area contributed by atoms with Crippen LogP contribution < -0.4 is 9.47 Å². The van der Waals surface area contributed by atoms with E-state index in [1.165, 1.54) is 18.9 Å². The summed E-state index contributed by atoms with van der Waals surface area (Å²) < 4.78 is 25.3. The molecule has 3 fully saturated rings. The number of piperidine rings is 3. The summed E-state index contributed by atoms with van der Waals surface area (Å²) in [6, 6.07) is 8.48. The van der Waals surface area contributed by atoms with E-state index in [4.69, 9.17) is 9.47 Å². The van der Waals surface area contributed by atoms with Crippen LogP contribution in [-0.4, -0.2) is 47.4 Å². The number of benzene rings is 1. The van der Waals surface area contributed by atoms with Crippen molar-refractivity contribution in [2.24, 2.45) is 5.92 Å². The Labute approximate surface area is 146 Å². The molecule has 5 nitrogen and oxygen atoms in total. The maximum absolute atomic E-state index is 14.1. The number of hydrogen-bond donors (Lipinski definition) is 0. The first-order valence-corrected chi connectivity index (χ1v) is 8.74. The third-order valence-electron chi connectivity index (χ3n) is 5.44. The largest absolute Gasteiger partial charge is 0.497 e. The molecule has 0 amide bonds. The molecular formula is C19H22FN3O2. The van der Waals surface area contributed by atoms with Crippen LogP contribution in [0.2, 0.25) is 0 Å². The van der Waals surface area contributed by atoms with Crippen molar-refractivity contribution in [2.45, 2.75) is 31.9 Å². The second kappa shape index (κ2) is 6.59. The molecule has 0 saturated carbocycles. The van der Waals surface area contributed by atoms with Gasteiger partial charge in [0.15, 0.2) is 0 Å². The summed E-state index contributed by atoms with van der Waals surface area (Å²) in [7, 11) is 1.55. The molecule has 4 heterocycles. The van der Waals surface area contributed by atoms with Crippen molar-refractivity contribution >= 4 is 0 Å². The summed E-state index contributed by atoms with van der Waals surface area (Å²) in [5.74, 6) is 1.31. The molecule has 0 radical (unpaired) electrons. The van der Waals surface area contributed by atoms with Gasteiger partial charge in [-0.2, -0.15) is 0 Å². The van der Waals surface area contributed by atoms with Crippen LogP contribution in [0.1, 0.15) is 19.8 Å². The van der Waals surface area contributed by atoms with E-state index in [2.05, 4.69) is 22.0 Å². The lowest BCUT2D eigenvalue weighted by molar-refractivity contribution is -0.0528. The summed E-state index contributed by atoms with van der Waals surface area (Å²) >= 11 is 0. The van der Waals surface area contributed by atoms with Crippen LogP contribution in [0.4, 0.5) is 4.39 Å². The van der Waals surface area contributed by atoms with Gasteiger partial charge in [-0.25, -0.2) is 4.39 Å². The van der Waals surface area contributed by atoms with E-state index < -0.39 is 0 Å². The normalized spacial score (nSPS) is 28.0. The molecule has 0 spiro atoms. The first kappa shape index (κ1) is 16.3. The lowest BCUT2D eigenvalue weighted by atomic mass is 9.81. The van der Waals surface area contributed by atoms with Crippen LogP contribution in [0.5, 0.6) is 11.6 Å². The SMILES string of the molecule is COc1ccc(F)c(-c2ccc(OC3C4CCN(CC4)C3C)nn2)c1. The molecule has 2 atom stereocenters. The van der Waals surface area contributed by atoms with Gasteiger partial charge in [0.05, 0.1) is 12.8 Å². The Hall–Kier alpha value is -2.21. The minimum atomic E-state index is -0.352. The Kier molecular flexibility index (Phi) is 4.29. The van der Waals surface area contributed by atoms with E-state index in [0.717, 1.165) is 13.1 Å². The Morgan fingerprint density at radius 3 is 2.56 bits per heavy atom. The molecular weight excluding hydrogens is 321 g/mol. The maximum atomic E-state index is 14.1. The first-order chi connectivity index (χ1) is 12.2. The number of hydrogen-bond acceptors (Lipinski definition) is 5. The van der Waals surface area contributed by atoms with Crippen molar-refractivity contribution in [2.75, 3.05) is 20.2 Å². The average Bonchev–Trinajstić information content (AvgIpc) is 2.66. The van der Waals surface area contributed by atoms with Crippen LogP contribution in [0, 0.1) is 11.7 Å². The van der Waals surface area contributed by atoms with E-state index in [1.54, 1.807) is 31.4 Å². The molecule has 1 aromatic heterocycles. The van der Waals surface area contributed by atoms with E-state index in [9.17, 15) is 4.39 Å². The van der Waals surface area contributed by atoms with Crippen LogP contribution in [0.3, 0.4) is 0 Å². The van der Waals surface area contributed by atoms with Crippen molar-refractivity contribution < 1.29 is 13.9 Å². The third kappa shape index (κ3) is 3.06. The van der Waals surface area contributed by atoms with Crippen molar-refractivity contribution in [3.05, 3.63) is 36.1 Å². The van der Waals surface area contributed by atoms with Gasteiger partial charge >= 0.3 is 0 Å². The molecule has 6 heteroatoms. The Morgan fingerprint density at radius 2 is 1.92 bits per heavy atom. The summed E-state index contributed by atoms with van der Waals surface area (Å²) in [6.07, 6.45) is 2.50. The van der Waals surface area contributed by atoms with Gasteiger partial charge in [0.1, 0.15) is 17.7 Å². The van der Waals surface area contributed by atoms with Gasteiger partial charge in [-0.3, -0.25) is 4.90 Å². The molecule has 25 heavy (non-hydrogen) atoms. The summed E-state index contributed by atoms with van der Waals surface area (Å²) in [4.78, 5) is 2.47. The zero-order chi connectivity index (χ0) is 17.4. The molecule has 2 unspecified atom stereocenters. The van der Waals surface area contributed by atoms with E-state index in [0.29, 0.717) is 34.8 Å². The molecule has 2 aromatic rings. The number of nitrogens with zero attached hydrogens (tertiary/aromatic N) is 3. The highest BCUT2D eigenvalue weighted by molar-refractivity contribution is 5.61. The summed E-state index contributed by atoms with van der Waals surface area (Å²) in [5, 5.41) is 8.32. The van der Waals surface area contributed by atoms with Gasteiger partial charge in [-0.05, 0) is 63.0 Å². The topological polar surface area (TPSA) is 47.5 Å². The zero-order valence-corrected chi connectivity index (χ0v) is 14.5. The Bertz CT molecular complexity index is 743. The van der Waals surface area contributed by atoms with Gasteiger partial charge < -0.3 is 9.47 Å². The predicted molar refractivity (Wildman–Crippen MR) is 92.2 cm³/mol. The Balaban J connectivity index is 1.53. The molecule has 0 N–H and O–H groups in total. The smallest absolute Gasteiger partial charge is 0.233 e. The number of ether oxygens (including phenoxy) is 2. The molecule has 3 aliphatic rings. The first-order valence-electron chi connectivity index (χ1n) is 8.74. The molecule has 0 aliphatic carbocycles. The molecule has 5 rings (SSSR count). The summed E-state index contributed by atoms with van der Waals surface area (Å²) in [6.45, 7) is 4.53. The number of aromatic nitrogens is 2. The second-order valence-electron chi connectivity index (χ2n) is 6.80. The highest BCUT2D eigenvalue weighted by Crippen LogP contribution is 2.34. The molecule has 1 aromatic carbocycles. The third-order valence-corrected chi connectivity index (χ3v) is 5.44. The van der Waals surface area contributed by atoms with Crippen LogP contribution in [0.15, 0.2) is 30.3 Å². The number of methoxy groups -OCH3 is 1. The number of rotatable bonds is 4. The summed E-state index contributed by atoms with van der Waals surface area (Å²) in [5.41, 5.74) is 0.834. The quantitative estimate of drug-likeness (QED) is 0.853. The standard InChI is InChI=1S/C19H22FN3O2/c1-12-19(13-7-9-23(12)10-8-13)25-18-6-5-17(21-22-18)15-11-14(24-2)3-4-16(15)20/h3-6,11-13,19H,7-10H2,1-2H3. The van der Waals surface area contributed by atoms with Crippen molar-refractivity contribution in [1.82, 2.24) is 15.1 Å². The van der Waals surface area contributed by atoms with Gasteiger partial charge in [0, 0.05) is 17.7 Å². The molecule has 3 saturated heterocycles. The monoisotopic (exact) mass is 343 g/mol. The molecule has 3 aliphatic heterocycles. The minimum Gasteiger partial charge on any atom is -0.497 e. The second-order valence-corrected chi connectivity index (χ2v) is 6.80. The van der Waals surface area contributed by atoms with Crippen LogP contribution >= 0.6 is 0 Å². The van der Waals surface area contributed by atoms with Crippen LogP contribution in [-0.2, 0) is 0 Å². The van der Waals surface area contributed by atoms with E-state index >= 15 is 0 Å². The lowest BCUT2D eigenvalue weighted by Crippen LogP contribution is -2.58. The highest BCUT2D eigenvalue weighted by atomic mass is 19.1. The lowest BCUT2D eigenvalue weighted by Gasteiger charge is -2.48. The van der Waals surface area contributed by atoms with Gasteiger partial charge in [0.25, 0.3) is 0 Å². The van der Waals surface area contributed by atoms with Crippen molar-refractivity contribution in [3.8, 4) is 22.9 Å².